The summed E-state index contributed by atoms with van der Waals surface area (Å²) in [4.78, 5) is 12.8. The first-order chi connectivity index (χ1) is 4.75. The van der Waals surface area contributed by atoms with E-state index in [1.54, 1.807) is 0 Å². The molecule has 54 valence electrons. The Balaban J connectivity index is 2.26. The fourth-order valence-electron chi connectivity index (χ4n) is 1.54. The van der Waals surface area contributed by atoms with E-state index >= 15 is 0 Å². The first-order valence-corrected chi connectivity index (χ1v) is 3.48. The highest BCUT2D eigenvalue weighted by Crippen LogP contribution is 2.14. The van der Waals surface area contributed by atoms with Gasteiger partial charge in [0.15, 0.2) is 0 Å². The zero-order chi connectivity index (χ0) is 7.14. The number of carbonyl (C=O) groups excluding carboxylic acids is 1. The van der Waals surface area contributed by atoms with E-state index in [1.807, 2.05) is 4.90 Å². The van der Waals surface area contributed by atoms with Crippen molar-refractivity contribution in [2.75, 3.05) is 13.1 Å². The van der Waals surface area contributed by atoms with Crippen molar-refractivity contribution in [3.63, 3.8) is 0 Å². The average Bonchev–Trinajstić information content (AvgIpc) is 2.07. The Morgan fingerprint density at radius 1 is 1.80 bits per heavy atom. The van der Waals surface area contributed by atoms with Crippen molar-refractivity contribution < 1.29 is 4.79 Å². The monoisotopic (exact) mass is 138 g/mol. The van der Waals surface area contributed by atoms with E-state index < -0.39 is 0 Å². The molecule has 1 unspecified atom stereocenters. The summed E-state index contributed by atoms with van der Waals surface area (Å²) in [6.07, 6.45) is 2.13. The van der Waals surface area contributed by atoms with Gasteiger partial charge < -0.3 is 10.2 Å². The molecular weight excluding hydrogens is 128 g/mol. The molecule has 0 aromatic rings. The zero-order valence-corrected chi connectivity index (χ0v) is 5.92. The van der Waals surface area contributed by atoms with Gasteiger partial charge in [0.05, 0.1) is 6.04 Å². The van der Waals surface area contributed by atoms with E-state index in [-0.39, 0.29) is 12.1 Å². The molecular formula is C7H10N2O. The maximum atomic E-state index is 11.0. The highest BCUT2D eigenvalue weighted by atomic mass is 16.2. The number of fused-ring (bicyclic) bond motifs is 2. The molecule has 2 heterocycles. The maximum absolute atomic E-state index is 11.0. The van der Waals surface area contributed by atoms with Gasteiger partial charge in [0.1, 0.15) is 0 Å². The molecule has 0 spiro atoms. The first-order valence-electron chi connectivity index (χ1n) is 3.48. The van der Waals surface area contributed by atoms with Gasteiger partial charge in [-0.2, -0.15) is 0 Å². The Kier molecular flexibility index (Phi) is 1.01. The highest BCUT2D eigenvalue weighted by molar-refractivity contribution is 5.78. The smallest absolute Gasteiger partial charge is 0.318 e. The molecule has 3 nitrogen and oxygen atoms in total. The standard InChI is InChI=1S/C7H10N2O/c1-5-2-6-4-9(3-5)7(10)8-6/h2,6H,3-4H2,1H3,(H,8,10). The molecule has 2 amide bonds. The number of nitrogens with one attached hydrogen (secondary N) is 1. The third-order valence-corrected chi connectivity index (χ3v) is 1.94. The van der Waals surface area contributed by atoms with Crippen LogP contribution in [0.2, 0.25) is 0 Å². The van der Waals surface area contributed by atoms with Crippen molar-refractivity contribution in [1.29, 1.82) is 0 Å². The lowest BCUT2D eigenvalue weighted by molar-refractivity contribution is 0.221. The third-order valence-electron chi connectivity index (χ3n) is 1.94. The van der Waals surface area contributed by atoms with E-state index in [1.165, 1.54) is 5.57 Å². The fraction of sp³-hybridized carbons (Fsp3) is 0.571. The number of urea groups is 1. The van der Waals surface area contributed by atoms with Gasteiger partial charge in [-0.3, -0.25) is 0 Å². The summed E-state index contributed by atoms with van der Waals surface area (Å²) in [6.45, 7) is 3.72. The molecule has 2 bridgehead atoms. The van der Waals surface area contributed by atoms with E-state index in [0.29, 0.717) is 0 Å². The largest absolute Gasteiger partial charge is 0.330 e. The summed E-state index contributed by atoms with van der Waals surface area (Å²) in [5.74, 6) is 0. The molecule has 0 aromatic carbocycles. The lowest BCUT2D eigenvalue weighted by Crippen LogP contribution is -2.29. The van der Waals surface area contributed by atoms with Crippen LogP contribution in [0.1, 0.15) is 6.92 Å². The summed E-state index contributed by atoms with van der Waals surface area (Å²) in [6, 6.07) is 0.361. The van der Waals surface area contributed by atoms with Crippen LogP contribution in [0.25, 0.3) is 0 Å². The van der Waals surface area contributed by atoms with E-state index in [4.69, 9.17) is 0 Å². The van der Waals surface area contributed by atoms with Crippen LogP contribution in [0.15, 0.2) is 11.6 Å². The highest BCUT2D eigenvalue weighted by Gasteiger charge is 2.30. The molecule has 1 saturated heterocycles. The van der Waals surface area contributed by atoms with Crippen molar-refractivity contribution in [2.45, 2.75) is 13.0 Å². The predicted octanol–water partition coefficient (Wildman–Crippen LogP) is 0.340. The van der Waals surface area contributed by atoms with Crippen molar-refractivity contribution >= 4 is 6.03 Å². The van der Waals surface area contributed by atoms with Crippen LogP contribution in [0.5, 0.6) is 0 Å². The Morgan fingerprint density at radius 3 is 3.30 bits per heavy atom. The second-order valence-electron chi connectivity index (χ2n) is 2.95. The van der Waals surface area contributed by atoms with Gasteiger partial charge in [0, 0.05) is 13.1 Å². The van der Waals surface area contributed by atoms with Crippen LogP contribution in [-0.4, -0.2) is 30.1 Å². The molecule has 10 heavy (non-hydrogen) atoms. The summed E-state index contributed by atoms with van der Waals surface area (Å²) in [5, 5.41) is 2.86. The Labute approximate surface area is 59.7 Å². The average molecular weight is 138 g/mol. The molecule has 1 fully saturated rings. The molecule has 0 aliphatic carbocycles. The summed E-state index contributed by atoms with van der Waals surface area (Å²) in [7, 11) is 0. The minimum atomic E-state index is 0.0816. The molecule has 2 rings (SSSR count). The predicted molar refractivity (Wildman–Crippen MR) is 37.6 cm³/mol. The van der Waals surface area contributed by atoms with Crippen LogP contribution < -0.4 is 5.32 Å². The summed E-state index contributed by atoms with van der Waals surface area (Å²) < 4.78 is 0. The van der Waals surface area contributed by atoms with E-state index in [0.717, 1.165) is 13.1 Å². The number of hydrogen-bond acceptors (Lipinski definition) is 1. The van der Waals surface area contributed by atoms with Gasteiger partial charge in [-0.25, -0.2) is 4.79 Å². The van der Waals surface area contributed by atoms with Crippen LogP contribution in [-0.2, 0) is 0 Å². The molecule has 0 saturated carbocycles. The molecule has 2 aliphatic heterocycles. The zero-order valence-electron chi connectivity index (χ0n) is 5.92. The number of nitrogens with zero attached hydrogens (tertiary/aromatic N) is 1. The van der Waals surface area contributed by atoms with Gasteiger partial charge in [0.25, 0.3) is 0 Å². The number of rotatable bonds is 0. The van der Waals surface area contributed by atoms with Crippen LogP contribution in [0.3, 0.4) is 0 Å². The SMILES string of the molecule is CC1=CC2CN(C1)C(=O)N2. The lowest BCUT2D eigenvalue weighted by atomic mass is 10.1. The Bertz CT molecular complexity index is 210. The van der Waals surface area contributed by atoms with Gasteiger partial charge in [-0.15, -0.1) is 0 Å². The number of hydrogen-bond donors (Lipinski definition) is 1. The van der Waals surface area contributed by atoms with Crippen LogP contribution in [0, 0.1) is 0 Å². The van der Waals surface area contributed by atoms with E-state index in [9.17, 15) is 4.79 Å². The van der Waals surface area contributed by atoms with Gasteiger partial charge in [0.2, 0.25) is 0 Å². The Hall–Kier alpha value is -0.990. The minimum Gasteiger partial charge on any atom is -0.330 e. The normalized spacial score (nSPS) is 30.1. The number of carbonyl (C=O) groups is 1. The summed E-state index contributed by atoms with van der Waals surface area (Å²) >= 11 is 0. The maximum Gasteiger partial charge on any atom is 0.318 e. The topological polar surface area (TPSA) is 32.3 Å². The molecule has 1 atom stereocenters. The summed E-state index contributed by atoms with van der Waals surface area (Å²) in [5.41, 5.74) is 1.29. The minimum absolute atomic E-state index is 0.0816. The Morgan fingerprint density at radius 2 is 2.60 bits per heavy atom. The lowest BCUT2D eigenvalue weighted by Gasteiger charge is -2.18. The van der Waals surface area contributed by atoms with Crippen molar-refractivity contribution in [1.82, 2.24) is 10.2 Å². The second kappa shape index (κ2) is 1.75. The van der Waals surface area contributed by atoms with Crippen molar-refractivity contribution in [3.8, 4) is 0 Å². The van der Waals surface area contributed by atoms with Gasteiger partial charge in [-0.05, 0) is 6.92 Å². The molecule has 2 aliphatic rings. The van der Waals surface area contributed by atoms with Gasteiger partial charge in [-0.1, -0.05) is 11.6 Å². The third kappa shape index (κ3) is 0.701. The second-order valence-corrected chi connectivity index (χ2v) is 2.95. The van der Waals surface area contributed by atoms with Crippen molar-refractivity contribution in [3.05, 3.63) is 11.6 Å². The molecule has 3 heteroatoms. The molecule has 0 aromatic heterocycles. The number of amides is 2. The van der Waals surface area contributed by atoms with E-state index in [2.05, 4.69) is 18.3 Å². The first kappa shape index (κ1) is 5.77. The quantitative estimate of drug-likeness (QED) is 0.481. The fourth-order valence-corrected chi connectivity index (χ4v) is 1.54. The van der Waals surface area contributed by atoms with Crippen LogP contribution >= 0.6 is 0 Å². The van der Waals surface area contributed by atoms with Crippen molar-refractivity contribution in [2.24, 2.45) is 0 Å². The molecule has 1 N–H and O–H groups in total. The molecule has 0 radical (unpaired) electrons. The van der Waals surface area contributed by atoms with Gasteiger partial charge >= 0.3 is 6.03 Å². The van der Waals surface area contributed by atoms with Crippen LogP contribution in [0.4, 0.5) is 4.79 Å².